The van der Waals surface area contributed by atoms with E-state index in [1.807, 2.05) is 31.2 Å². The zero-order valence-electron chi connectivity index (χ0n) is 15.5. The quantitative estimate of drug-likeness (QED) is 0.635. The number of thioether (sulfide) groups is 1. The molecule has 0 spiro atoms. The van der Waals surface area contributed by atoms with Crippen molar-refractivity contribution < 1.29 is 9.53 Å². The predicted molar refractivity (Wildman–Crippen MR) is 111 cm³/mol. The van der Waals surface area contributed by atoms with Crippen LogP contribution < -0.4 is 10.1 Å². The molecule has 142 valence electrons. The first-order valence-electron chi connectivity index (χ1n) is 8.92. The second-order valence-electron chi connectivity index (χ2n) is 6.51. The zero-order valence-corrected chi connectivity index (χ0v) is 17.1. The number of amides is 1. The number of pyridine rings is 1. The number of methoxy groups -OCH3 is 1. The molecule has 1 atom stereocenters. The summed E-state index contributed by atoms with van der Waals surface area (Å²) in [4.78, 5) is 21.7. The van der Waals surface area contributed by atoms with Crippen LogP contribution in [0.1, 0.15) is 30.2 Å². The van der Waals surface area contributed by atoms with Gasteiger partial charge in [-0.25, -0.2) is 9.97 Å². The van der Waals surface area contributed by atoms with Crippen LogP contribution in [0.4, 0.5) is 5.13 Å². The highest BCUT2D eigenvalue weighted by Crippen LogP contribution is 2.32. The van der Waals surface area contributed by atoms with E-state index >= 15 is 0 Å². The maximum absolute atomic E-state index is 12.6. The van der Waals surface area contributed by atoms with Crippen LogP contribution in [0.3, 0.4) is 0 Å². The number of nitrogens with zero attached hydrogens (tertiary/aromatic N) is 3. The smallest absolute Gasteiger partial charge is 0.239 e. The van der Waals surface area contributed by atoms with Gasteiger partial charge in [-0.3, -0.25) is 4.79 Å². The summed E-state index contributed by atoms with van der Waals surface area (Å²) >= 11 is 2.71. The van der Waals surface area contributed by atoms with Crippen molar-refractivity contribution in [1.29, 1.82) is 5.26 Å². The van der Waals surface area contributed by atoms with Crippen LogP contribution >= 0.6 is 23.1 Å². The van der Waals surface area contributed by atoms with E-state index in [0.717, 1.165) is 46.5 Å². The average Bonchev–Trinajstić information content (AvgIpc) is 3.31. The summed E-state index contributed by atoms with van der Waals surface area (Å²) in [5.41, 5.74) is 3.56. The average molecular weight is 411 g/mol. The van der Waals surface area contributed by atoms with Crippen molar-refractivity contribution in [2.75, 3.05) is 12.4 Å². The lowest BCUT2D eigenvalue weighted by Gasteiger charge is -2.12. The van der Waals surface area contributed by atoms with Gasteiger partial charge in [0.05, 0.1) is 28.1 Å². The summed E-state index contributed by atoms with van der Waals surface area (Å²) in [6.07, 6.45) is 2.98. The molecule has 0 saturated carbocycles. The Morgan fingerprint density at radius 2 is 2.21 bits per heavy atom. The SMILES string of the molecule is COc1ccc2nc(NC(=O)C(C)Sc3nc4c(cc3C#N)CCC4)sc2c1. The highest BCUT2D eigenvalue weighted by atomic mass is 32.2. The van der Waals surface area contributed by atoms with Crippen molar-refractivity contribution in [3.05, 3.63) is 41.1 Å². The van der Waals surface area contributed by atoms with E-state index in [2.05, 4.69) is 21.4 Å². The largest absolute Gasteiger partial charge is 0.497 e. The maximum atomic E-state index is 12.6. The van der Waals surface area contributed by atoms with Crippen molar-refractivity contribution in [2.45, 2.75) is 36.5 Å². The summed E-state index contributed by atoms with van der Waals surface area (Å²) in [5, 5.41) is 13.1. The third kappa shape index (κ3) is 3.68. The fourth-order valence-electron chi connectivity index (χ4n) is 3.14. The highest BCUT2D eigenvalue weighted by molar-refractivity contribution is 8.00. The van der Waals surface area contributed by atoms with Gasteiger partial charge in [0, 0.05) is 5.69 Å². The monoisotopic (exact) mass is 410 g/mol. The molecular formula is C20H18N4O2S2. The number of nitriles is 1. The van der Waals surface area contributed by atoms with E-state index in [9.17, 15) is 10.1 Å². The summed E-state index contributed by atoms with van der Waals surface area (Å²) in [6, 6.07) is 9.74. The maximum Gasteiger partial charge on any atom is 0.239 e. The number of hydrogen-bond acceptors (Lipinski definition) is 7. The van der Waals surface area contributed by atoms with E-state index in [-0.39, 0.29) is 5.91 Å². The number of nitrogens with one attached hydrogen (secondary N) is 1. The first-order chi connectivity index (χ1) is 13.6. The Bertz CT molecular complexity index is 1100. The van der Waals surface area contributed by atoms with E-state index < -0.39 is 5.25 Å². The molecule has 0 radical (unpaired) electrons. The minimum atomic E-state index is -0.402. The number of hydrogen-bond donors (Lipinski definition) is 1. The number of rotatable bonds is 5. The number of benzene rings is 1. The Morgan fingerprint density at radius 1 is 1.36 bits per heavy atom. The van der Waals surface area contributed by atoms with Gasteiger partial charge in [-0.15, -0.1) is 0 Å². The molecule has 2 aromatic heterocycles. The molecule has 8 heteroatoms. The van der Waals surface area contributed by atoms with Crippen LogP contribution in [0.25, 0.3) is 10.2 Å². The van der Waals surface area contributed by atoms with Gasteiger partial charge in [-0.05, 0) is 56.0 Å². The second-order valence-corrected chi connectivity index (χ2v) is 8.87. The fraction of sp³-hybridized carbons (Fsp3) is 0.300. The van der Waals surface area contributed by atoms with Gasteiger partial charge in [-0.1, -0.05) is 23.1 Å². The minimum absolute atomic E-state index is 0.165. The van der Waals surface area contributed by atoms with Crippen LogP contribution in [0.2, 0.25) is 0 Å². The van der Waals surface area contributed by atoms with E-state index in [4.69, 9.17) is 4.74 Å². The third-order valence-electron chi connectivity index (χ3n) is 4.62. The number of aryl methyl sites for hydroxylation is 2. The molecule has 0 bridgehead atoms. The minimum Gasteiger partial charge on any atom is -0.497 e. The summed E-state index contributed by atoms with van der Waals surface area (Å²) in [6.45, 7) is 1.81. The highest BCUT2D eigenvalue weighted by Gasteiger charge is 2.22. The zero-order chi connectivity index (χ0) is 19.7. The molecule has 1 aliphatic rings. The van der Waals surface area contributed by atoms with Crippen LogP contribution in [-0.4, -0.2) is 28.2 Å². The number of aromatic nitrogens is 2. The molecule has 0 fully saturated rings. The molecule has 2 heterocycles. The lowest BCUT2D eigenvalue weighted by Crippen LogP contribution is -2.22. The number of fused-ring (bicyclic) bond motifs is 2. The molecule has 0 aliphatic heterocycles. The van der Waals surface area contributed by atoms with E-state index in [1.54, 1.807) is 7.11 Å². The Balaban J connectivity index is 1.49. The normalized spacial score (nSPS) is 13.8. The first kappa shape index (κ1) is 18.7. The van der Waals surface area contributed by atoms with Crippen LogP contribution in [-0.2, 0) is 17.6 Å². The predicted octanol–water partition coefficient (Wildman–Crippen LogP) is 4.18. The summed E-state index contributed by atoms with van der Waals surface area (Å²) < 4.78 is 6.17. The lowest BCUT2D eigenvalue weighted by molar-refractivity contribution is -0.115. The number of anilines is 1. The fourth-order valence-corrected chi connectivity index (χ4v) is 4.93. The molecule has 1 amide bonds. The van der Waals surface area contributed by atoms with Crippen molar-refractivity contribution in [3.8, 4) is 11.8 Å². The Morgan fingerprint density at radius 3 is 3.00 bits per heavy atom. The summed E-state index contributed by atoms with van der Waals surface area (Å²) in [5.74, 6) is 0.590. The summed E-state index contributed by atoms with van der Waals surface area (Å²) in [7, 11) is 1.62. The molecule has 1 N–H and O–H groups in total. The standard InChI is InChI=1S/C20H18N4O2S2/c1-11(27-19-13(10-21)8-12-4-3-5-15(12)22-19)18(25)24-20-23-16-7-6-14(26-2)9-17(16)28-20/h6-9,11H,3-5H2,1-2H3,(H,23,24,25). The molecule has 1 aromatic carbocycles. The third-order valence-corrected chi connectivity index (χ3v) is 6.66. The van der Waals surface area contributed by atoms with Crippen LogP contribution in [0.5, 0.6) is 5.75 Å². The van der Waals surface area contributed by atoms with Crippen LogP contribution in [0, 0.1) is 11.3 Å². The van der Waals surface area contributed by atoms with Gasteiger partial charge in [0.2, 0.25) is 5.91 Å². The van der Waals surface area contributed by atoms with Crippen molar-refractivity contribution >= 4 is 44.4 Å². The van der Waals surface area contributed by atoms with Gasteiger partial charge in [0.1, 0.15) is 16.8 Å². The van der Waals surface area contributed by atoms with Crippen molar-refractivity contribution in [2.24, 2.45) is 0 Å². The van der Waals surface area contributed by atoms with E-state index in [1.165, 1.54) is 23.1 Å². The topological polar surface area (TPSA) is 87.9 Å². The van der Waals surface area contributed by atoms with Gasteiger partial charge >= 0.3 is 0 Å². The Kier molecular flexibility index (Phi) is 5.20. The number of ether oxygens (including phenoxy) is 1. The Labute approximate surface area is 171 Å². The second kappa shape index (κ2) is 7.78. The van der Waals surface area contributed by atoms with Crippen molar-refractivity contribution in [3.63, 3.8) is 0 Å². The van der Waals surface area contributed by atoms with Gasteiger partial charge in [-0.2, -0.15) is 5.26 Å². The number of carbonyl (C=O) groups excluding carboxylic acids is 1. The first-order valence-corrected chi connectivity index (χ1v) is 10.6. The molecule has 3 aromatic rings. The molecule has 1 unspecified atom stereocenters. The van der Waals surface area contributed by atoms with Gasteiger partial charge in [0.25, 0.3) is 0 Å². The van der Waals surface area contributed by atoms with Crippen LogP contribution in [0.15, 0.2) is 29.3 Å². The molecule has 6 nitrogen and oxygen atoms in total. The Hall–Kier alpha value is -2.63. The molecule has 0 saturated heterocycles. The molecular weight excluding hydrogens is 392 g/mol. The van der Waals surface area contributed by atoms with Gasteiger partial charge < -0.3 is 10.1 Å². The van der Waals surface area contributed by atoms with Gasteiger partial charge in [0.15, 0.2) is 5.13 Å². The van der Waals surface area contributed by atoms with Crippen molar-refractivity contribution in [1.82, 2.24) is 9.97 Å². The molecule has 28 heavy (non-hydrogen) atoms. The molecule has 1 aliphatic carbocycles. The number of carbonyl (C=O) groups is 1. The number of thiazole rings is 1. The van der Waals surface area contributed by atoms with E-state index in [0.29, 0.717) is 15.7 Å². The lowest BCUT2D eigenvalue weighted by atomic mass is 10.2. The molecule has 4 rings (SSSR count).